The predicted octanol–water partition coefficient (Wildman–Crippen LogP) is 2.97. The van der Waals surface area contributed by atoms with Crippen LogP contribution in [0.15, 0.2) is 53.9 Å². The van der Waals surface area contributed by atoms with Gasteiger partial charge >= 0.3 is 0 Å². The van der Waals surface area contributed by atoms with Crippen molar-refractivity contribution in [1.82, 2.24) is 0 Å². The maximum atomic E-state index is 13.3. The number of sulfone groups is 1. The van der Waals surface area contributed by atoms with Gasteiger partial charge in [-0.25, -0.2) is 8.42 Å². The molecule has 7 heteroatoms. The predicted molar refractivity (Wildman–Crippen MR) is 104 cm³/mol. The molecule has 1 atom stereocenters. The van der Waals surface area contributed by atoms with E-state index < -0.39 is 15.9 Å². The number of aryl methyl sites for hydroxylation is 1. The van der Waals surface area contributed by atoms with Crippen LogP contribution in [0.1, 0.15) is 15.9 Å². The van der Waals surface area contributed by atoms with E-state index in [1.807, 2.05) is 19.1 Å². The molecule has 0 saturated heterocycles. The number of carbonyl (C=O) groups excluding carboxylic acids is 1. The fraction of sp³-hybridized carbons (Fsp3) is 0.250. The first-order valence-electron chi connectivity index (χ1n) is 8.38. The van der Waals surface area contributed by atoms with Crippen LogP contribution >= 0.6 is 0 Å². The number of methoxy groups -OCH3 is 2. The molecule has 2 aromatic carbocycles. The summed E-state index contributed by atoms with van der Waals surface area (Å²) in [5.74, 6) is 0.533. The van der Waals surface area contributed by atoms with E-state index in [0.717, 1.165) is 11.0 Å². The van der Waals surface area contributed by atoms with Crippen LogP contribution in [0, 0.1) is 6.92 Å². The molecule has 0 unspecified atom stereocenters. The van der Waals surface area contributed by atoms with Crippen LogP contribution < -0.4 is 14.4 Å². The first-order chi connectivity index (χ1) is 12.8. The van der Waals surface area contributed by atoms with E-state index in [4.69, 9.17) is 9.47 Å². The van der Waals surface area contributed by atoms with Gasteiger partial charge in [-0.1, -0.05) is 17.7 Å². The van der Waals surface area contributed by atoms with Crippen LogP contribution in [0.4, 0.5) is 5.69 Å². The number of amides is 1. The lowest BCUT2D eigenvalue weighted by molar-refractivity contribution is 0.0982. The van der Waals surface area contributed by atoms with Gasteiger partial charge in [0.25, 0.3) is 5.91 Å². The summed E-state index contributed by atoms with van der Waals surface area (Å²) in [6, 6.07) is 11.6. The number of hydrogen-bond donors (Lipinski definition) is 0. The fourth-order valence-electron chi connectivity index (χ4n) is 2.98. The van der Waals surface area contributed by atoms with Crippen molar-refractivity contribution in [2.75, 3.05) is 24.9 Å². The Balaban J connectivity index is 2.09. The normalized spacial score (nSPS) is 17.5. The number of carbonyl (C=O) groups is 1. The Morgan fingerprint density at radius 3 is 2.33 bits per heavy atom. The zero-order valence-electron chi connectivity index (χ0n) is 15.4. The summed E-state index contributed by atoms with van der Waals surface area (Å²) >= 11 is 0. The van der Waals surface area contributed by atoms with E-state index in [2.05, 4.69) is 0 Å². The summed E-state index contributed by atoms with van der Waals surface area (Å²) < 4.78 is 34.6. The van der Waals surface area contributed by atoms with Crippen molar-refractivity contribution in [2.24, 2.45) is 0 Å². The molecule has 1 heterocycles. The molecule has 3 rings (SSSR count). The largest absolute Gasteiger partial charge is 0.497 e. The van der Waals surface area contributed by atoms with Crippen LogP contribution in [0.25, 0.3) is 0 Å². The molecule has 6 nitrogen and oxygen atoms in total. The summed E-state index contributed by atoms with van der Waals surface area (Å²) in [7, 11) is -0.312. The van der Waals surface area contributed by atoms with Gasteiger partial charge in [0.2, 0.25) is 0 Å². The van der Waals surface area contributed by atoms with Crippen LogP contribution in [-0.4, -0.2) is 40.3 Å². The first kappa shape index (κ1) is 19.0. The molecule has 0 aromatic heterocycles. The molecule has 0 aliphatic carbocycles. The number of benzene rings is 2. The Kier molecular flexibility index (Phi) is 5.23. The Hall–Kier alpha value is -2.80. The quantitative estimate of drug-likeness (QED) is 0.789. The summed E-state index contributed by atoms with van der Waals surface area (Å²) in [5, 5.41) is 1.16. The summed E-state index contributed by atoms with van der Waals surface area (Å²) in [6.45, 7) is 1.94. The zero-order valence-corrected chi connectivity index (χ0v) is 16.2. The molecule has 2 aromatic rings. The van der Waals surface area contributed by atoms with Gasteiger partial charge in [-0.15, -0.1) is 0 Å². The standard InChI is InChI=1S/C20H21NO5S/c1-14-4-6-15(7-5-14)20(22)21(16-10-11-27(23,24)13-16)18-9-8-17(25-2)12-19(18)26-3/h4-12,16H,13H2,1-3H3/t16-/m1/s1. The van der Waals surface area contributed by atoms with Gasteiger partial charge in [0.15, 0.2) is 9.84 Å². The van der Waals surface area contributed by atoms with Gasteiger partial charge in [-0.05, 0) is 37.3 Å². The van der Waals surface area contributed by atoms with Gasteiger partial charge in [0.05, 0.1) is 31.7 Å². The lowest BCUT2D eigenvalue weighted by atomic mass is 10.1. The lowest BCUT2D eigenvalue weighted by Crippen LogP contribution is -2.41. The topological polar surface area (TPSA) is 72.9 Å². The fourth-order valence-corrected chi connectivity index (χ4v) is 4.25. The third kappa shape index (κ3) is 3.98. The number of hydrogen-bond acceptors (Lipinski definition) is 5. The first-order valence-corrected chi connectivity index (χ1v) is 10.1. The number of rotatable bonds is 5. The summed E-state index contributed by atoms with van der Waals surface area (Å²) in [4.78, 5) is 14.7. The van der Waals surface area contributed by atoms with E-state index in [1.54, 1.807) is 30.3 Å². The number of anilines is 1. The molecule has 0 radical (unpaired) electrons. The van der Waals surface area contributed by atoms with E-state index in [-0.39, 0.29) is 11.7 Å². The van der Waals surface area contributed by atoms with Crippen molar-refractivity contribution in [1.29, 1.82) is 0 Å². The minimum absolute atomic E-state index is 0.167. The van der Waals surface area contributed by atoms with Gasteiger partial charge in [0.1, 0.15) is 11.5 Å². The van der Waals surface area contributed by atoms with Crippen molar-refractivity contribution in [3.8, 4) is 11.5 Å². The SMILES string of the molecule is COc1ccc(N(C(=O)c2ccc(C)cc2)[C@@H]2C=CS(=O)(=O)C2)c(OC)c1. The van der Waals surface area contributed by atoms with Gasteiger partial charge in [-0.2, -0.15) is 0 Å². The van der Waals surface area contributed by atoms with Crippen molar-refractivity contribution in [3.05, 3.63) is 65.1 Å². The molecular weight excluding hydrogens is 366 g/mol. The number of nitrogens with zero attached hydrogens (tertiary/aromatic N) is 1. The van der Waals surface area contributed by atoms with E-state index >= 15 is 0 Å². The highest BCUT2D eigenvalue weighted by Crippen LogP contribution is 2.35. The molecule has 0 saturated carbocycles. The van der Waals surface area contributed by atoms with Crippen LogP contribution in [0.2, 0.25) is 0 Å². The molecule has 1 aliphatic heterocycles. The minimum Gasteiger partial charge on any atom is -0.497 e. The average Bonchev–Trinajstić information content (AvgIpc) is 3.02. The second-order valence-corrected chi connectivity index (χ2v) is 8.24. The van der Waals surface area contributed by atoms with Crippen molar-refractivity contribution in [2.45, 2.75) is 13.0 Å². The highest BCUT2D eigenvalue weighted by atomic mass is 32.2. The molecule has 1 amide bonds. The smallest absolute Gasteiger partial charge is 0.258 e. The van der Waals surface area contributed by atoms with Gasteiger partial charge in [0, 0.05) is 17.0 Å². The maximum Gasteiger partial charge on any atom is 0.258 e. The lowest BCUT2D eigenvalue weighted by Gasteiger charge is -2.29. The molecule has 1 aliphatic rings. The Bertz CT molecular complexity index is 980. The zero-order chi connectivity index (χ0) is 19.6. The Labute approximate surface area is 158 Å². The minimum atomic E-state index is -3.34. The van der Waals surface area contributed by atoms with Crippen LogP contribution in [-0.2, 0) is 9.84 Å². The van der Waals surface area contributed by atoms with Crippen molar-refractivity contribution < 1.29 is 22.7 Å². The Morgan fingerprint density at radius 1 is 1.07 bits per heavy atom. The summed E-state index contributed by atoms with van der Waals surface area (Å²) in [5.41, 5.74) is 1.98. The second kappa shape index (κ2) is 7.44. The molecule has 0 fully saturated rings. The molecule has 0 N–H and O–H groups in total. The molecule has 0 spiro atoms. The molecule has 0 bridgehead atoms. The van der Waals surface area contributed by atoms with Gasteiger partial charge < -0.3 is 9.47 Å². The highest BCUT2D eigenvalue weighted by molar-refractivity contribution is 7.94. The average molecular weight is 387 g/mol. The highest BCUT2D eigenvalue weighted by Gasteiger charge is 2.33. The Morgan fingerprint density at radius 2 is 1.78 bits per heavy atom. The third-order valence-electron chi connectivity index (χ3n) is 4.41. The molecular formula is C20H21NO5S. The van der Waals surface area contributed by atoms with Gasteiger partial charge in [-0.3, -0.25) is 9.69 Å². The summed E-state index contributed by atoms with van der Waals surface area (Å²) in [6.07, 6.45) is 1.53. The van der Waals surface area contributed by atoms with E-state index in [0.29, 0.717) is 22.7 Å². The van der Waals surface area contributed by atoms with Crippen molar-refractivity contribution in [3.63, 3.8) is 0 Å². The van der Waals surface area contributed by atoms with Crippen molar-refractivity contribution >= 4 is 21.4 Å². The van der Waals surface area contributed by atoms with E-state index in [1.165, 1.54) is 25.2 Å². The van der Waals surface area contributed by atoms with Crippen LogP contribution in [0.5, 0.6) is 11.5 Å². The number of ether oxygens (including phenoxy) is 2. The molecule has 142 valence electrons. The third-order valence-corrected chi connectivity index (χ3v) is 5.78. The van der Waals surface area contributed by atoms with E-state index in [9.17, 15) is 13.2 Å². The maximum absolute atomic E-state index is 13.3. The van der Waals surface area contributed by atoms with Crippen LogP contribution in [0.3, 0.4) is 0 Å². The second-order valence-electron chi connectivity index (χ2n) is 6.30. The monoisotopic (exact) mass is 387 g/mol. The molecule has 27 heavy (non-hydrogen) atoms.